The number of hydrogen-bond acceptors (Lipinski definition) is 3. The van der Waals surface area contributed by atoms with Gasteiger partial charge in [0.15, 0.2) is 0 Å². The van der Waals surface area contributed by atoms with Crippen molar-refractivity contribution in [2.45, 2.75) is 6.92 Å². The smallest absolute Gasteiger partial charge is 0.145 e. The van der Waals surface area contributed by atoms with Crippen molar-refractivity contribution in [2.75, 3.05) is 5.73 Å². The number of aryl methyl sites for hydroxylation is 1. The molecule has 1 aromatic carbocycles. The molecule has 0 bridgehead atoms. The molecule has 15 heavy (non-hydrogen) atoms. The first-order valence-electron chi connectivity index (χ1n) is 4.38. The molecule has 4 nitrogen and oxygen atoms in total. The van der Waals surface area contributed by atoms with Crippen molar-refractivity contribution in [1.82, 2.24) is 10.2 Å². The number of phenols is 1. The highest BCUT2D eigenvalue weighted by molar-refractivity contribution is 6.31. The monoisotopic (exact) mass is 223 g/mol. The number of aromatic amines is 1. The number of anilines is 1. The van der Waals surface area contributed by atoms with Crippen molar-refractivity contribution in [1.29, 1.82) is 0 Å². The maximum atomic E-state index is 9.73. The van der Waals surface area contributed by atoms with E-state index < -0.39 is 0 Å². The maximum absolute atomic E-state index is 9.73. The Morgan fingerprint density at radius 3 is 2.73 bits per heavy atom. The summed E-state index contributed by atoms with van der Waals surface area (Å²) in [5.41, 5.74) is 7.54. The van der Waals surface area contributed by atoms with E-state index in [0.29, 0.717) is 22.1 Å². The summed E-state index contributed by atoms with van der Waals surface area (Å²) in [6.45, 7) is 1.83. The fourth-order valence-corrected chi connectivity index (χ4v) is 1.52. The minimum absolute atomic E-state index is 0.153. The van der Waals surface area contributed by atoms with E-state index in [1.54, 1.807) is 18.2 Å². The third-order valence-electron chi connectivity index (χ3n) is 2.16. The molecule has 0 unspecified atom stereocenters. The standard InChI is InChI=1S/C10H10ClN3O/c1-5-2-9(15)6(3-7(5)11)8-4-10(12)14-13-8/h2-4,15H,1H3,(H3,12,13,14). The van der Waals surface area contributed by atoms with Gasteiger partial charge in [0.05, 0.1) is 5.69 Å². The number of nitrogen functional groups attached to an aromatic ring is 1. The molecule has 2 aromatic rings. The van der Waals surface area contributed by atoms with Crippen LogP contribution in [0.4, 0.5) is 5.82 Å². The fourth-order valence-electron chi connectivity index (χ4n) is 1.36. The van der Waals surface area contributed by atoms with Gasteiger partial charge in [0.2, 0.25) is 0 Å². The van der Waals surface area contributed by atoms with E-state index in [-0.39, 0.29) is 5.75 Å². The Morgan fingerprint density at radius 1 is 1.40 bits per heavy atom. The second-order valence-corrected chi connectivity index (χ2v) is 3.73. The van der Waals surface area contributed by atoms with Gasteiger partial charge in [-0.25, -0.2) is 0 Å². The first-order chi connectivity index (χ1) is 7.08. The Morgan fingerprint density at radius 2 is 2.13 bits per heavy atom. The van der Waals surface area contributed by atoms with Crippen molar-refractivity contribution >= 4 is 17.4 Å². The van der Waals surface area contributed by atoms with Gasteiger partial charge in [0.1, 0.15) is 11.6 Å². The molecule has 1 heterocycles. The fraction of sp³-hybridized carbons (Fsp3) is 0.100. The number of nitrogens with zero attached hydrogens (tertiary/aromatic N) is 1. The van der Waals surface area contributed by atoms with Crippen LogP contribution >= 0.6 is 11.6 Å². The van der Waals surface area contributed by atoms with Crippen molar-refractivity contribution in [2.24, 2.45) is 0 Å². The molecule has 0 saturated heterocycles. The van der Waals surface area contributed by atoms with E-state index in [2.05, 4.69) is 10.2 Å². The average Bonchev–Trinajstić information content (AvgIpc) is 2.58. The van der Waals surface area contributed by atoms with Gasteiger partial charge in [0.25, 0.3) is 0 Å². The van der Waals surface area contributed by atoms with Crippen LogP contribution < -0.4 is 5.73 Å². The van der Waals surface area contributed by atoms with Crippen LogP contribution in [0.5, 0.6) is 5.75 Å². The largest absolute Gasteiger partial charge is 0.507 e. The Labute approximate surface area is 91.7 Å². The van der Waals surface area contributed by atoms with E-state index in [4.69, 9.17) is 17.3 Å². The van der Waals surface area contributed by atoms with Gasteiger partial charge in [0, 0.05) is 16.7 Å². The highest BCUT2D eigenvalue weighted by atomic mass is 35.5. The molecule has 0 aliphatic heterocycles. The van der Waals surface area contributed by atoms with Gasteiger partial charge >= 0.3 is 0 Å². The number of H-pyrrole nitrogens is 1. The predicted octanol–water partition coefficient (Wildman–Crippen LogP) is 2.33. The Hall–Kier alpha value is -1.68. The van der Waals surface area contributed by atoms with E-state index in [9.17, 15) is 5.11 Å². The zero-order chi connectivity index (χ0) is 11.0. The van der Waals surface area contributed by atoms with Crippen LogP contribution in [0.3, 0.4) is 0 Å². The molecule has 4 N–H and O–H groups in total. The summed E-state index contributed by atoms with van der Waals surface area (Å²) < 4.78 is 0. The minimum Gasteiger partial charge on any atom is -0.507 e. The average molecular weight is 224 g/mol. The predicted molar refractivity (Wildman–Crippen MR) is 59.8 cm³/mol. The number of phenolic OH excluding ortho intramolecular Hbond substituents is 1. The third-order valence-corrected chi connectivity index (χ3v) is 2.57. The quantitative estimate of drug-likeness (QED) is 0.695. The van der Waals surface area contributed by atoms with Gasteiger partial charge in [-0.1, -0.05) is 11.6 Å². The van der Waals surface area contributed by atoms with Crippen LogP contribution in [-0.4, -0.2) is 15.3 Å². The number of rotatable bonds is 1. The molecule has 78 valence electrons. The topological polar surface area (TPSA) is 74.9 Å². The second kappa shape index (κ2) is 3.47. The lowest BCUT2D eigenvalue weighted by atomic mass is 10.1. The van der Waals surface area contributed by atoms with Crippen molar-refractivity contribution < 1.29 is 5.11 Å². The highest BCUT2D eigenvalue weighted by Crippen LogP contribution is 2.33. The summed E-state index contributed by atoms with van der Waals surface area (Å²) in [5.74, 6) is 0.529. The van der Waals surface area contributed by atoms with E-state index in [1.165, 1.54) is 0 Å². The maximum Gasteiger partial charge on any atom is 0.145 e. The van der Waals surface area contributed by atoms with Crippen LogP contribution in [0.15, 0.2) is 18.2 Å². The van der Waals surface area contributed by atoms with Gasteiger partial charge < -0.3 is 10.8 Å². The summed E-state index contributed by atoms with van der Waals surface area (Å²) in [6.07, 6.45) is 0. The minimum atomic E-state index is 0.153. The van der Waals surface area contributed by atoms with E-state index in [1.807, 2.05) is 6.92 Å². The lowest BCUT2D eigenvalue weighted by Gasteiger charge is -2.04. The molecule has 5 heteroatoms. The molecule has 0 aliphatic carbocycles. The summed E-state index contributed by atoms with van der Waals surface area (Å²) in [5, 5.41) is 16.8. The van der Waals surface area contributed by atoms with Crippen molar-refractivity contribution in [3.05, 3.63) is 28.8 Å². The summed E-state index contributed by atoms with van der Waals surface area (Å²) in [7, 11) is 0. The van der Waals surface area contributed by atoms with Crippen molar-refractivity contribution in [3.8, 4) is 17.0 Å². The van der Waals surface area contributed by atoms with Gasteiger partial charge in [-0.3, -0.25) is 5.10 Å². The normalized spacial score (nSPS) is 10.5. The lowest BCUT2D eigenvalue weighted by Crippen LogP contribution is -1.82. The Kier molecular flexibility index (Phi) is 2.28. The molecular weight excluding hydrogens is 214 g/mol. The van der Waals surface area contributed by atoms with Gasteiger partial charge in [-0.05, 0) is 24.6 Å². The molecule has 0 atom stereocenters. The van der Waals surface area contributed by atoms with Gasteiger partial charge in [-0.15, -0.1) is 0 Å². The van der Waals surface area contributed by atoms with Crippen LogP contribution in [0.25, 0.3) is 11.3 Å². The van der Waals surface area contributed by atoms with E-state index >= 15 is 0 Å². The molecule has 0 amide bonds. The molecule has 0 aliphatic rings. The molecule has 1 aromatic heterocycles. The lowest BCUT2D eigenvalue weighted by molar-refractivity contribution is 0.476. The van der Waals surface area contributed by atoms with E-state index in [0.717, 1.165) is 5.56 Å². The van der Waals surface area contributed by atoms with Gasteiger partial charge in [-0.2, -0.15) is 5.10 Å². The SMILES string of the molecule is Cc1cc(O)c(-c2cc(N)n[nH]2)cc1Cl. The Balaban J connectivity index is 2.58. The molecule has 0 fully saturated rings. The highest BCUT2D eigenvalue weighted by Gasteiger charge is 2.09. The first-order valence-corrected chi connectivity index (χ1v) is 4.76. The summed E-state index contributed by atoms with van der Waals surface area (Å²) in [6, 6.07) is 4.93. The van der Waals surface area contributed by atoms with Crippen LogP contribution in [0.1, 0.15) is 5.56 Å². The number of hydrogen-bond donors (Lipinski definition) is 3. The summed E-state index contributed by atoms with van der Waals surface area (Å²) >= 11 is 5.97. The number of aromatic nitrogens is 2. The molecular formula is C10H10ClN3O. The second-order valence-electron chi connectivity index (χ2n) is 3.33. The first kappa shape index (κ1) is 9.86. The Bertz CT molecular complexity index is 507. The van der Waals surface area contributed by atoms with Crippen LogP contribution in [0.2, 0.25) is 5.02 Å². The summed E-state index contributed by atoms with van der Waals surface area (Å²) in [4.78, 5) is 0. The number of nitrogens with two attached hydrogens (primary N) is 1. The molecule has 0 saturated carbocycles. The van der Waals surface area contributed by atoms with Crippen LogP contribution in [0, 0.1) is 6.92 Å². The molecule has 2 rings (SSSR count). The zero-order valence-electron chi connectivity index (χ0n) is 8.08. The third kappa shape index (κ3) is 1.76. The van der Waals surface area contributed by atoms with Crippen LogP contribution in [-0.2, 0) is 0 Å². The number of nitrogens with one attached hydrogen (secondary N) is 1. The zero-order valence-corrected chi connectivity index (χ0v) is 8.84. The number of benzene rings is 1. The molecule has 0 radical (unpaired) electrons. The molecule has 0 spiro atoms. The van der Waals surface area contributed by atoms with Crippen molar-refractivity contribution in [3.63, 3.8) is 0 Å². The number of aromatic hydroxyl groups is 1. The number of halogens is 1.